The Morgan fingerprint density at radius 1 is 1.44 bits per heavy atom. The molecule has 1 fully saturated rings. The molecule has 0 atom stereocenters. The van der Waals surface area contributed by atoms with Gasteiger partial charge in [0.05, 0.1) is 10.2 Å². The van der Waals surface area contributed by atoms with Crippen LogP contribution in [0.15, 0.2) is 18.2 Å². The van der Waals surface area contributed by atoms with Gasteiger partial charge >= 0.3 is 0 Å². The fraction of sp³-hybridized carbons (Fsp3) is 0.500. The minimum absolute atomic E-state index is 0.838. The molecule has 1 aliphatic carbocycles. The van der Waals surface area contributed by atoms with Crippen molar-refractivity contribution in [2.24, 2.45) is 0 Å². The van der Waals surface area contributed by atoms with Gasteiger partial charge in [-0.05, 0) is 44.5 Å². The van der Waals surface area contributed by atoms with Gasteiger partial charge in [0.2, 0.25) is 0 Å². The number of aryl methyl sites for hydroxylation is 1. The predicted octanol–water partition coefficient (Wildman–Crippen LogP) is 3.11. The zero-order valence-corrected chi connectivity index (χ0v) is 11.8. The molecular formula is C14H19N3S. The first kappa shape index (κ1) is 11.9. The number of nitrogens with one attached hydrogen (secondary N) is 1. The average Bonchev–Trinajstić information content (AvgIpc) is 3.11. The second kappa shape index (κ2) is 4.86. The summed E-state index contributed by atoms with van der Waals surface area (Å²) in [6.45, 7) is 4.20. The van der Waals surface area contributed by atoms with Gasteiger partial charge in [-0.3, -0.25) is 0 Å². The van der Waals surface area contributed by atoms with Crippen LogP contribution in [0.4, 0.5) is 5.13 Å². The van der Waals surface area contributed by atoms with Crippen molar-refractivity contribution in [3.63, 3.8) is 0 Å². The van der Waals surface area contributed by atoms with Gasteiger partial charge < -0.3 is 10.2 Å². The molecule has 0 saturated heterocycles. The molecule has 96 valence electrons. The lowest BCUT2D eigenvalue weighted by Crippen LogP contribution is -2.26. The monoisotopic (exact) mass is 261 g/mol. The Balaban J connectivity index is 1.60. The van der Waals surface area contributed by atoms with Gasteiger partial charge in [-0.15, -0.1) is 0 Å². The van der Waals surface area contributed by atoms with Crippen LogP contribution in [0.5, 0.6) is 0 Å². The summed E-state index contributed by atoms with van der Waals surface area (Å²) < 4.78 is 1.27. The minimum Gasteiger partial charge on any atom is -0.360 e. The summed E-state index contributed by atoms with van der Waals surface area (Å²) in [5.41, 5.74) is 2.40. The topological polar surface area (TPSA) is 28.2 Å². The molecule has 1 aromatic carbocycles. The highest BCUT2D eigenvalue weighted by Crippen LogP contribution is 2.27. The smallest absolute Gasteiger partial charge is 0.183 e. The lowest BCUT2D eigenvalue weighted by atomic mass is 10.2. The second-order valence-corrected chi connectivity index (χ2v) is 6.16. The third-order valence-electron chi connectivity index (χ3n) is 3.45. The molecule has 18 heavy (non-hydrogen) atoms. The van der Waals surface area contributed by atoms with E-state index in [1.165, 1.54) is 23.1 Å². The fourth-order valence-corrected chi connectivity index (χ4v) is 3.13. The molecule has 1 saturated carbocycles. The SMILES string of the molecule is Cc1ccc2nc(NCCN(C)C3CC3)sc2c1. The number of aromatic nitrogens is 1. The Kier molecular flexibility index (Phi) is 3.22. The van der Waals surface area contributed by atoms with Crippen molar-refractivity contribution in [1.29, 1.82) is 0 Å². The van der Waals surface area contributed by atoms with Gasteiger partial charge in [-0.1, -0.05) is 17.4 Å². The van der Waals surface area contributed by atoms with E-state index < -0.39 is 0 Å². The largest absolute Gasteiger partial charge is 0.360 e. The summed E-state index contributed by atoms with van der Waals surface area (Å²) in [4.78, 5) is 7.04. The zero-order valence-electron chi connectivity index (χ0n) is 10.9. The van der Waals surface area contributed by atoms with Gasteiger partial charge in [-0.2, -0.15) is 0 Å². The Labute approximate surface area is 112 Å². The molecule has 0 bridgehead atoms. The summed E-state index contributed by atoms with van der Waals surface area (Å²) in [5.74, 6) is 0. The van der Waals surface area contributed by atoms with Crippen LogP contribution in [-0.2, 0) is 0 Å². The van der Waals surface area contributed by atoms with Gasteiger partial charge in [0.1, 0.15) is 0 Å². The number of hydrogen-bond acceptors (Lipinski definition) is 4. The molecule has 0 amide bonds. The Bertz CT molecular complexity index is 545. The summed E-state index contributed by atoms with van der Waals surface area (Å²) >= 11 is 1.75. The average molecular weight is 261 g/mol. The van der Waals surface area contributed by atoms with Crippen molar-refractivity contribution in [2.75, 3.05) is 25.5 Å². The molecule has 1 heterocycles. The predicted molar refractivity (Wildman–Crippen MR) is 78.5 cm³/mol. The molecule has 3 rings (SSSR count). The number of rotatable bonds is 5. The van der Waals surface area contributed by atoms with Crippen molar-refractivity contribution in [1.82, 2.24) is 9.88 Å². The van der Waals surface area contributed by atoms with Crippen molar-refractivity contribution in [3.8, 4) is 0 Å². The second-order valence-electron chi connectivity index (χ2n) is 5.13. The van der Waals surface area contributed by atoms with Gasteiger partial charge in [0.25, 0.3) is 0 Å². The van der Waals surface area contributed by atoms with Crippen LogP contribution >= 0.6 is 11.3 Å². The lowest BCUT2D eigenvalue weighted by Gasteiger charge is -2.15. The quantitative estimate of drug-likeness (QED) is 0.896. The fourth-order valence-electron chi connectivity index (χ4n) is 2.14. The van der Waals surface area contributed by atoms with Crippen molar-refractivity contribution in [3.05, 3.63) is 23.8 Å². The number of hydrogen-bond donors (Lipinski definition) is 1. The molecule has 0 radical (unpaired) electrons. The molecule has 1 N–H and O–H groups in total. The first-order valence-electron chi connectivity index (χ1n) is 6.54. The highest BCUT2D eigenvalue weighted by Gasteiger charge is 2.25. The standard InChI is InChI=1S/C14H19N3S/c1-10-3-6-12-13(9-10)18-14(16-12)15-7-8-17(2)11-4-5-11/h3,6,9,11H,4-5,7-8H2,1-2H3,(H,15,16). The highest BCUT2D eigenvalue weighted by molar-refractivity contribution is 7.22. The van der Waals surface area contributed by atoms with Gasteiger partial charge in [0, 0.05) is 19.1 Å². The number of nitrogens with zero attached hydrogens (tertiary/aromatic N) is 2. The van der Waals surface area contributed by atoms with E-state index in [0.29, 0.717) is 0 Å². The number of thiazole rings is 1. The van der Waals surface area contributed by atoms with Crippen LogP contribution in [0.25, 0.3) is 10.2 Å². The number of likely N-dealkylation sites (N-methyl/N-ethyl adjacent to an activating group) is 1. The molecule has 2 aromatic rings. The first-order chi connectivity index (χ1) is 8.72. The van der Waals surface area contributed by atoms with E-state index in [4.69, 9.17) is 0 Å². The van der Waals surface area contributed by atoms with Crippen LogP contribution in [0.1, 0.15) is 18.4 Å². The number of benzene rings is 1. The minimum atomic E-state index is 0.838. The van der Waals surface area contributed by atoms with Crippen molar-refractivity contribution >= 4 is 26.7 Å². The number of anilines is 1. The van der Waals surface area contributed by atoms with E-state index in [0.717, 1.165) is 29.8 Å². The van der Waals surface area contributed by atoms with E-state index >= 15 is 0 Å². The van der Waals surface area contributed by atoms with E-state index in [2.05, 4.69) is 47.4 Å². The van der Waals surface area contributed by atoms with Crippen molar-refractivity contribution < 1.29 is 0 Å². The van der Waals surface area contributed by atoms with Crippen LogP contribution in [-0.4, -0.2) is 36.1 Å². The highest BCUT2D eigenvalue weighted by atomic mass is 32.1. The van der Waals surface area contributed by atoms with Crippen molar-refractivity contribution in [2.45, 2.75) is 25.8 Å². The van der Waals surface area contributed by atoms with Crippen LogP contribution < -0.4 is 5.32 Å². The molecule has 4 heteroatoms. The molecular weight excluding hydrogens is 242 g/mol. The summed E-state index contributed by atoms with van der Waals surface area (Å²) in [5, 5.41) is 4.47. The normalized spacial score (nSPS) is 15.5. The molecule has 1 aliphatic rings. The Hall–Kier alpha value is -1.13. The maximum atomic E-state index is 4.60. The maximum absolute atomic E-state index is 4.60. The van der Waals surface area contributed by atoms with Gasteiger partial charge in [0.15, 0.2) is 5.13 Å². The Morgan fingerprint density at radius 3 is 3.06 bits per heavy atom. The summed E-state index contributed by atoms with van der Waals surface area (Å²) in [7, 11) is 2.21. The van der Waals surface area contributed by atoms with Crippen LogP contribution in [0, 0.1) is 6.92 Å². The van der Waals surface area contributed by atoms with E-state index in [-0.39, 0.29) is 0 Å². The molecule has 0 unspecified atom stereocenters. The molecule has 0 aliphatic heterocycles. The molecule has 1 aromatic heterocycles. The Morgan fingerprint density at radius 2 is 2.28 bits per heavy atom. The van der Waals surface area contributed by atoms with E-state index in [1.54, 1.807) is 11.3 Å². The van der Waals surface area contributed by atoms with E-state index in [1.807, 2.05) is 0 Å². The lowest BCUT2D eigenvalue weighted by molar-refractivity contribution is 0.337. The maximum Gasteiger partial charge on any atom is 0.183 e. The summed E-state index contributed by atoms with van der Waals surface area (Å²) in [6.07, 6.45) is 2.74. The number of fused-ring (bicyclic) bond motifs is 1. The zero-order chi connectivity index (χ0) is 12.5. The third-order valence-corrected chi connectivity index (χ3v) is 4.43. The molecule has 3 nitrogen and oxygen atoms in total. The van der Waals surface area contributed by atoms with Gasteiger partial charge in [-0.25, -0.2) is 4.98 Å². The van der Waals surface area contributed by atoms with Crippen LogP contribution in [0.2, 0.25) is 0 Å². The van der Waals surface area contributed by atoms with E-state index in [9.17, 15) is 0 Å². The van der Waals surface area contributed by atoms with Crippen LogP contribution in [0.3, 0.4) is 0 Å². The first-order valence-corrected chi connectivity index (χ1v) is 7.35. The summed E-state index contributed by atoms with van der Waals surface area (Å²) in [6, 6.07) is 7.26. The molecule has 0 spiro atoms. The third kappa shape index (κ3) is 2.65.